The minimum atomic E-state index is -3.76. The maximum Gasteiger partial charge on any atom is 0.244 e. The van der Waals surface area contributed by atoms with Gasteiger partial charge >= 0.3 is 0 Å². The Labute approximate surface area is 129 Å². The average Bonchev–Trinajstić information content (AvgIpc) is 2.46. The second-order valence-corrected chi connectivity index (χ2v) is 8.52. The Morgan fingerprint density at radius 2 is 2.19 bits per heavy atom. The molecule has 0 aromatic heterocycles. The van der Waals surface area contributed by atoms with Crippen molar-refractivity contribution in [3.05, 3.63) is 29.6 Å². The van der Waals surface area contributed by atoms with Gasteiger partial charge in [-0.3, -0.25) is 0 Å². The van der Waals surface area contributed by atoms with Gasteiger partial charge in [0.2, 0.25) is 10.0 Å². The third-order valence-corrected chi connectivity index (χ3v) is 6.94. The number of nitrogens with zero attached hydrogens (tertiary/aromatic N) is 2. The van der Waals surface area contributed by atoms with Crippen LogP contribution in [-0.2, 0) is 10.0 Å². The SMILES string of the molecule is CC(C)C1CN(S(=O)(=O)c2ccc(F)cc2C#N)CCS1. The van der Waals surface area contributed by atoms with Gasteiger partial charge in [-0.1, -0.05) is 13.8 Å². The van der Waals surface area contributed by atoms with Gasteiger partial charge in [0.1, 0.15) is 16.8 Å². The van der Waals surface area contributed by atoms with E-state index in [1.165, 1.54) is 10.4 Å². The standard InChI is InChI=1S/C14H17FN2O2S2/c1-10(2)13-9-17(5-6-20-13)21(18,19)14-4-3-12(15)7-11(14)8-16/h3-4,7,10,13H,5-6,9H2,1-2H3. The van der Waals surface area contributed by atoms with E-state index in [-0.39, 0.29) is 15.7 Å². The first-order valence-corrected chi connectivity index (χ1v) is 9.16. The first-order valence-electron chi connectivity index (χ1n) is 6.67. The molecule has 1 saturated heterocycles. The zero-order chi connectivity index (χ0) is 15.6. The first-order chi connectivity index (χ1) is 9.86. The monoisotopic (exact) mass is 328 g/mol. The Kier molecular flexibility index (Phi) is 4.91. The highest BCUT2D eigenvalue weighted by Crippen LogP contribution is 2.29. The smallest absolute Gasteiger partial charge is 0.207 e. The molecule has 4 nitrogen and oxygen atoms in total. The predicted molar refractivity (Wildman–Crippen MR) is 81.0 cm³/mol. The van der Waals surface area contributed by atoms with Gasteiger partial charge in [-0.15, -0.1) is 0 Å². The molecule has 0 aliphatic carbocycles. The van der Waals surface area contributed by atoms with E-state index in [4.69, 9.17) is 5.26 Å². The molecular weight excluding hydrogens is 311 g/mol. The van der Waals surface area contributed by atoms with Gasteiger partial charge in [-0.25, -0.2) is 12.8 Å². The molecule has 1 fully saturated rings. The summed E-state index contributed by atoms with van der Waals surface area (Å²) in [7, 11) is -3.76. The molecule has 1 aromatic rings. The minimum absolute atomic E-state index is 0.110. The summed E-state index contributed by atoms with van der Waals surface area (Å²) in [5.74, 6) is 0.488. The van der Waals surface area contributed by atoms with E-state index in [9.17, 15) is 12.8 Å². The third-order valence-electron chi connectivity index (χ3n) is 3.48. The lowest BCUT2D eigenvalue weighted by Gasteiger charge is -2.33. The van der Waals surface area contributed by atoms with Crippen molar-refractivity contribution in [1.29, 1.82) is 5.26 Å². The quantitative estimate of drug-likeness (QED) is 0.855. The molecule has 0 bridgehead atoms. The first kappa shape index (κ1) is 16.3. The number of nitriles is 1. The summed E-state index contributed by atoms with van der Waals surface area (Å²) in [6.07, 6.45) is 0. The summed E-state index contributed by atoms with van der Waals surface area (Å²) in [5.41, 5.74) is -0.144. The third kappa shape index (κ3) is 3.39. The van der Waals surface area contributed by atoms with E-state index in [1.54, 1.807) is 17.8 Å². The molecule has 1 aliphatic heterocycles. The Balaban J connectivity index is 2.36. The summed E-state index contributed by atoms with van der Waals surface area (Å²) < 4.78 is 40.0. The molecular formula is C14H17FN2O2S2. The second-order valence-electron chi connectivity index (χ2n) is 5.27. The van der Waals surface area contributed by atoms with Crippen LogP contribution in [0.5, 0.6) is 0 Å². The molecule has 0 N–H and O–H groups in total. The number of hydrogen-bond acceptors (Lipinski definition) is 4. The summed E-state index contributed by atoms with van der Waals surface area (Å²) in [4.78, 5) is -0.110. The Bertz CT molecular complexity index is 668. The van der Waals surface area contributed by atoms with Gasteiger partial charge in [0.15, 0.2) is 0 Å². The molecule has 7 heteroatoms. The maximum absolute atomic E-state index is 13.2. The normalized spacial score (nSPS) is 20.4. The number of benzene rings is 1. The van der Waals surface area contributed by atoms with Crippen molar-refractivity contribution in [3.63, 3.8) is 0 Å². The van der Waals surface area contributed by atoms with Crippen LogP contribution in [0.4, 0.5) is 4.39 Å². The molecule has 1 unspecified atom stereocenters. The zero-order valence-corrected chi connectivity index (χ0v) is 13.5. The molecule has 0 radical (unpaired) electrons. The predicted octanol–water partition coefficient (Wildman–Crippen LogP) is 2.46. The fraction of sp³-hybridized carbons (Fsp3) is 0.500. The molecule has 0 amide bonds. The van der Waals surface area contributed by atoms with Crippen LogP contribution < -0.4 is 0 Å². The van der Waals surface area contributed by atoms with E-state index in [1.807, 2.05) is 0 Å². The second kappa shape index (κ2) is 6.34. The van der Waals surface area contributed by atoms with E-state index in [2.05, 4.69) is 13.8 Å². The van der Waals surface area contributed by atoms with Crippen LogP contribution in [0.1, 0.15) is 19.4 Å². The largest absolute Gasteiger partial charge is 0.244 e. The average molecular weight is 328 g/mol. The lowest BCUT2D eigenvalue weighted by molar-refractivity contribution is 0.391. The van der Waals surface area contributed by atoms with Gasteiger partial charge in [-0.05, 0) is 24.1 Å². The number of hydrogen-bond donors (Lipinski definition) is 0. The number of rotatable bonds is 3. The summed E-state index contributed by atoms with van der Waals surface area (Å²) in [6.45, 7) is 4.96. The highest BCUT2D eigenvalue weighted by molar-refractivity contribution is 8.00. The van der Waals surface area contributed by atoms with Gasteiger partial charge in [-0.2, -0.15) is 21.3 Å². The van der Waals surface area contributed by atoms with Gasteiger partial charge in [0, 0.05) is 24.1 Å². The van der Waals surface area contributed by atoms with Gasteiger partial charge in [0.25, 0.3) is 0 Å². The molecule has 21 heavy (non-hydrogen) atoms. The molecule has 0 saturated carbocycles. The van der Waals surface area contributed by atoms with E-state index in [0.29, 0.717) is 19.0 Å². The van der Waals surface area contributed by atoms with Crippen molar-refractivity contribution < 1.29 is 12.8 Å². The van der Waals surface area contributed by atoms with Crippen LogP contribution >= 0.6 is 11.8 Å². The molecule has 1 atom stereocenters. The molecule has 2 rings (SSSR count). The molecule has 114 valence electrons. The molecule has 1 aromatic carbocycles. The van der Waals surface area contributed by atoms with Crippen LogP contribution in [-0.4, -0.2) is 36.8 Å². The molecule has 1 heterocycles. The lowest BCUT2D eigenvalue weighted by atomic mass is 10.1. The number of halogens is 1. The summed E-state index contributed by atoms with van der Waals surface area (Å²) >= 11 is 1.77. The number of thioether (sulfide) groups is 1. The van der Waals surface area contributed by atoms with Crippen LogP contribution in [0.2, 0.25) is 0 Å². The van der Waals surface area contributed by atoms with Gasteiger partial charge < -0.3 is 0 Å². The molecule has 0 spiro atoms. The van der Waals surface area contributed by atoms with E-state index < -0.39 is 15.8 Å². The fourth-order valence-corrected chi connectivity index (χ4v) is 5.32. The van der Waals surface area contributed by atoms with Gasteiger partial charge in [0.05, 0.1) is 5.56 Å². The summed E-state index contributed by atoms with van der Waals surface area (Å²) in [6, 6.07) is 4.98. The van der Waals surface area contributed by atoms with Crippen LogP contribution in [0.3, 0.4) is 0 Å². The Morgan fingerprint density at radius 1 is 1.48 bits per heavy atom. The van der Waals surface area contributed by atoms with Crippen molar-refractivity contribution in [2.45, 2.75) is 24.0 Å². The molecule has 1 aliphatic rings. The van der Waals surface area contributed by atoms with Crippen LogP contribution in [0, 0.1) is 23.1 Å². The zero-order valence-electron chi connectivity index (χ0n) is 11.9. The summed E-state index contributed by atoms with van der Waals surface area (Å²) in [5, 5.41) is 9.28. The van der Waals surface area contributed by atoms with Crippen molar-refractivity contribution >= 4 is 21.8 Å². The Hall–Kier alpha value is -1.10. The van der Waals surface area contributed by atoms with Crippen molar-refractivity contribution in [2.75, 3.05) is 18.8 Å². The van der Waals surface area contributed by atoms with Crippen molar-refractivity contribution in [1.82, 2.24) is 4.31 Å². The fourth-order valence-electron chi connectivity index (χ4n) is 2.23. The van der Waals surface area contributed by atoms with Crippen molar-refractivity contribution in [3.8, 4) is 6.07 Å². The van der Waals surface area contributed by atoms with Crippen LogP contribution in [0.25, 0.3) is 0 Å². The Morgan fingerprint density at radius 3 is 2.81 bits per heavy atom. The topological polar surface area (TPSA) is 61.2 Å². The van der Waals surface area contributed by atoms with Crippen molar-refractivity contribution in [2.24, 2.45) is 5.92 Å². The highest BCUT2D eigenvalue weighted by Gasteiger charge is 2.33. The minimum Gasteiger partial charge on any atom is -0.207 e. The number of sulfonamides is 1. The van der Waals surface area contributed by atoms with Crippen LogP contribution in [0.15, 0.2) is 23.1 Å². The van der Waals surface area contributed by atoms with E-state index in [0.717, 1.165) is 17.9 Å². The lowest BCUT2D eigenvalue weighted by Crippen LogP contribution is -2.43. The van der Waals surface area contributed by atoms with E-state index >= 15 is 0 Å². The highest BCUT2D eigenvalue weighted by atomic mass is 32.2. The maximum atomic E-state index is 13.2.